The van der Waals surface area contributed by atoms with Crippen LogP contribution in [0.25, 0.3) is 11.0 Å². The van der Waals surface area contributed by atoms with Crippen molar-refractivity contribution < 1.29 is 18.7 Å². The minimum absolute atomic E-state index is 0.264. The quantitative estimate of drug-likeness (QED) is 0.846. The molecule has 0 radical (unpaired) electrons. The summed E-state index contributed by atoms with van der Waals surface area (Å²) in [7, 11) is 0. The van der Waals surface area contributed by atoms with Crippen LogP contribution in [-0.2, 0) is 9.53 Å². The van der Waals surface area contributed by atoms with E-state index < -0.39 is 18.0 Å². The molecule has 0 spiro atoms. The summed E-state index contributed by atoms with van der Waals surface area (Å²) < 4.78 is 10.1. The van der Waals surface area contributed by atoms with E-state index in [1.807, 2.05) is 6.92 Å². The van der Waals surface area contributed by atoms with Crippen molar-refractivity contribution in [3.05, 3.63) is 45.8 Å². The van der Waals surface area contributed by atoms with Crippen LogP contribution in [0.3, 0.4) is 0 Å². The van der Waals surface area contributed by atoms with E-state index >= 15 is 0 Å². The normalized spacial score (nSPS) is 12.1. The molecule has 1 amide bonds. The molecule has 1 aromatic heterocycles. The zero-order valence-electron chi connectivity index (χ0n) is 11.0. The highest BCUT2D eigenvalue weighted by atomic mass is 16.6. The molecule has 0 aliphatic heterocycles. The van der Waals surface area contributed by atoms with Gasteiger partial charge in [0.05, 0.1) is 5.39 Å². The molecule has 2 N–H and O–H groups in total. The SMILES string of the molecule is Cc1ccc2oc(C(=O)O[C@@H](C)C(N)=O)cc(=O)c2c1. The van der Waals surface area contributed by atoms with Crippen molar-refractivity contribution in [2.45, 2.75) is 20.0 Å². The highest BCUT2D eigenvalue weighted by Gasteiger charge is 2.19. The minimum atomic E-state index is -1.10. The number of primary amides is 1. The largest absolute Gasteiger partial charge is 0.449 e. The van der Waals surface area contributed by atoms with Gasteiger partial charge in [-0.1, -0.05) is 11.6 Å². The van der Waals surface area contributed by atoms with E-state index in [4.69, 9.17) is 14.9 Å². The van der Waals surface area contributed by atoms with Crippen LogP contribution >= 0.6 is 0 Å². The van der Waals surface area contributed by atoms with Gasteiger partial charge in [0.1, 0.15) is 5.58 Å². The Balaban J connectivity index is 2.41. The summed E-state index contributed by atoms with van der Waals surface area (Å²) in [6, 6.07) is 6.06. The van der Waals surface area contributed by atoms with Crippen LogP contribution in [0, 0.1) is 6.92 Å². The molecule has 0 saturated heterocycles. The maximum absolute atomic E-state index is 11.9. The fourth-order valence-electron chi connectivity index (χ4n) is 1.65. The van der Waals surface area contributed by atoms with Gasteiger partial charge in [-0.15, -0.1) is 0 Å². The first kappa shape index (κ1) is 13.8. The van der Waals surface area contributed by atoms with E-state index in [1.54, 1.807) is 18.2 Å². The predicted molar refractivity (Wildman–Crippen MR) is 71.3 cm³/mol. The Morgan fingerprint density at radius 2 is 2.00 bits per heavy atom. The van der Waals surface area contributed by atoms with Crippen LogP contribution in [0.4, 0.5) is 0 Å². The fraction of sp³-hybridized carbons (Fsp3) is 0.214. The number of rotatable bonds is 3. The first-order valence-corrected chi connectivity index (χ1v) is 5.93. The van der Waals surface area contributed by atoms with Gasteiger partial charge in [0.25, 0.3) is 5.91 Å². The lowest BCUT2D eigenvalue weighted by Crippen LogP contribution is -2.30. The second-order valence-electron chi connectivity index (χ2n) is 4.42. The van der Waals surface area contributed by atoms with Crippen LogP contribution in [0.15, 0.2) is 33.5 Å². The third-order valence-electron chi connectivity index (χ3n) is 2.77. The van der Waals surface area contributed by atoms with E-state index in [9.17, 15) is 14.4 Å². The van der Waals surface area contributed by atoms with Crippen molar-refractivity contribution in [2.24, 2.45) is 5.73 Å². The van der Waals surface area contributed by atoms with Crippen LogP contribution in [-0.4, -0.2) is 18.0 Å². The van der Waals surface area contributed by atoms with Crippen LogP contribution in [0.1, 0.15) is 23.0 Å². The maximum atomic E-state index is 11.9. The van der Waals surface area contributed by atoms with E-state index in [0.717, 1.165) is 11.6 Å². The van der Waals surface area contributed by atoms with Gasteiger partial charge in [-0.05, 0) is 26.0 Å². The number of amides is 1. The molecule has 0 fully saturated rings. The first-order chi connectivity index (χ1) is 9.38. The fourth-order valence-corrected chi connectivity index (χ4v) is 1.65. The van der Waals surface area contributed by atoms with E-state index in [-0.39, 0.29) is 16.8 Å². The van der Waals surface area contributed by atoms with Crippen molar-refractivity contribution in [3.8, 4) is 0 Å². The van der Waals surface area contributed by atoms with Crippen molar-refractivity contribution in [1.82, 2.24) is 0 Å². The second-order valence-corrected chi connectivity index (χ2v) is 4.42. The van der Waals surface area contributed by atoms with Gasteiger partial charge in [0.2, 0.25) is 5.76 Å². The summed E-state index contributed by atoms with van der Waals surface area (Å²) in [6.45, 7) is 3.18. The highest BCUT2D eigenvalue weighted by Crippen LogP contribution is 2.15. The number of carbonyl (C=O) groups excluding carboxylic acids is 2. The number of hydrogen-bond donors (Lipinski definition) is 1. The monoisotopic (exact) mass is 275 g/mol. The molecular weight excluding hydrogens is 262 g/mol. The number of aryl methyl sites for hydroxylation is 1. The number of carbonyl (C=O) groups is 2. The Hall–Kier alpha value is -2.63. The van der Waals surface area contributed by atoms with Crippen molar-refractivity contribution in [2.75, 3.05) is 0 Å². The van der Waals surface area contributed by atoms with Gasteiger partial charge < -0.3 is 14.9 Å². The molecule has 2 rings (SSSR count). The van der Waals surface area contributed by atoms with Gasteiger partial charge in [-0.25, -0.2) is 4.79 Å². The van der Waals surface area contributed by atoms with Crippen LogP contribution < -0.4 is 11.2 Å². The summed E-state index contributed by atoms with van der Waals surface area (Å²) in [6.07, 6.45) is -1.10. The first-order valence-electron chi connectivity index (χ1n) is 5.93. The van der Waals surface area contributed by atoms with Crippen molar-refractivity contribution in [1.29, 1.82) is 0 Å². The number of nitrogens with two attached hydrogens (primary N) is 1. The molecule has 0 aliphatic carbocycles. The standard InChI is InChI=1S/C14H13NO5/c1-7-3-4-11-9(5-7)10(16)6-12(20-11)14(18)19-8(2)13(15)17/h3-6,8H,1-2H3,(H2,15,17)/t8-/m0/s1. The third kappa shape index (κ3) is 2.69. The number of benzene rings is 1. The van der Waals surface area contributed by atoms with Crippen LogP contribution in [0.5, 0.6) is 0 Å². The molecular formula is C14H13NO5. The number of hydrogen-bond acceptors (Lipinski definition) is 5. The van der Waals surface area contributed by atoms with Crippen molar-refractivity contribution in [3.63, 3.8) is 0 Å². The van der Waals surface area contributed by atoms with Gasteiger partial charge in [0, 0.05) is 6.07 Å². The number of esters is 1. The van der Waals surface area contributed by atoms with E-state index in [2.05, 4.69) is 0 Å². The zero-order chi connectivity index (χ0) is 14.9. The molecule has 1 atom stereocenters. The maximum Gasteiger partial charge on any atom is 0.375 e. The molecule has 0 bridgehead atoms. The summed E-state index contributed by atoms with van der Waals surface area (Å²) in [5.41, 5.74) is 5.82. The lowest BCUT2D eigenvalue weighted by atomic mass is 10.1. The summed E-state index contributed by atoms with van der Waals surface area (Å²) >= 11 is 0. The van der Waals surface area contributed by atoms with Gasteiger partial charge in [-0.2, -0.15) is 0 Å². The Morgan fingerprint density at radius 1 is 1.30 bits per heavy atom. The molecule has 6 nitrogen and oxygen atoms in total. The molecule has 0 saturated carbocycles. The molecule has 1 heterocycles. The third-order valence-corrected chi connectivity index (χ3v) is 2.77. The van der Waals surface area contributed by atoms with Gasteiger partial charge in [0.15, 0.2) is 11.5 Å². The Morgan fingerprint density at radius 3 is 2.65 bits per heavy atom. The molecule has 0 unspecified atom stereocenters. The Labute approximate surface area is 114 Å². The topological polar surface area (TPSA) is 99.6 Å². The predicted octanol–water partition coefficient (Wildman–Crippen LogP) is 1.13. The molecule has 0 aliphatic rings. The number of fused-ring (bicyclic) bond motifs is 1. The van der Waals surface area contributed by atoms with Crippen LogP contribution in [0.2, 0.25) is 0 Å². The van der Waals surface area contributed by atoms with Gasteiger partial charge >= 0.3 is 5.97 Å². The van der Waals surface area contributed by atoms with E-state index in [0.29, 0.717) is 5.39 Å². The Kier molecular flexibility index (Phi) is 3.56. The van der Waals surface area contributed by atoms with Gasteiger partial charge in [-0.3, -0.25) is 9.59 Å². The molecule has 104 valence electrons. The molecule has 6 heteroatoms. The molecule has 1 aromatic carbocycles. The zero-order valence-corrected chi connectivity index (χ0v) is 11.0. The van der Waals surface area contributed by atoms with Crippen molar-refractivity contribution >= 4 is 22.8 Å². The summed E-state index contributed by atoms with van der Waals surface area (Å²) in [4.78, 5) is 34.5. The minimum Gasteiger partial charge on any atom is -0.449 e. The van der Waals surface area contributed by atoms with E-state index in [1.165, 1.54) is 6.92 Å². The smallest absolute Gasteiger partial charge is 0.375 e. The Bertz CT molecular complexity index is 747. The summed E-state index contributed by atoms with van der Waals surface area (Å²) in [5, 5.41) is 0.379. The molecule has 2 aromatic rings. The lowest BCUT2D eigenvalue weighted by molar-refractivity contribution is -0.125. The highest BCUT2D eigenvalue weighted by molar-refractivity contribution is 5.91. The summed E-state index contributed by atoms with van der Waals surface area (Å²) in [5.74, 6) is -1.95. The number of ether oxygens (including phenoxy) is 1. The average Bonchev–Trinajstić information content (AvgIpc) is 2.39. The molecule has 20 heavy (non-hydrogen) atoms. The second kappa shape index (κ2) is 5.16. The lowest BCUT2D eigenvalue weighted by Gasteiger charge is -2.09. The average molecular weight is 275 g/mol.